The van der Waals surface area contributed by atoms with Crippen LogP contribution in [-0.2, 0) is 9.47 Å². The summed E-state index contributed by atoms with van der Waals surface area (Å²) >= 11 is 0. The van der Waals surface area contributed by atoms with E-state index in [1.54, 1.807) is 31.4 Å². The van der Waals surface area contributed by atoms with Crippen LogP contribution in [0.5, 0.6) is 23.0 Å². The van der Waals surface area contributed by atoms with Crippen LogP contribution in [0.3, 0.4) is 0 Å². The number of nitro benzene ring substituents is 1. The first kappa shape index (κ1) is 35.9. The van der Waals surface area contributed by atoms with Crippen LogP contribution in [0, 0.1) is 17.0 Å². The third-order valence-electron chi connectivity index (χ3n) is 8.11. The van der Waals surface area contributed by atoms with E-state index >= 15 is 0 Å². The van der Waals surface area contributed by atoms with E-state index < -0.39 is 4.92 Å². The van der Waals surface area contributed by atoms with Gasteiger partial charge in [-0.05, 0) is 44.0 Å². The highest BCUT2D eigenvalue weighted by atomic mass is 16.6. The molecule has 0 bridgehead atoms. The minimum atomic E-state index is -0.447. The fourth-order valence-electron chi connectivity index (χ4n) is 5.58. The number of methoxy groups -OCH3 is 2. The second kappa shape index (κ2) is 19.0. The molecule has 47 heavy (non-hydrogen) atoms. The van der Waals surface area contributed by atoms with Crippen LogP contribution >= 0.6 is 0 Å². The third kappa shape index (κ3) is 10.3. The van der Waals surface area contributed by atoms with Crippen LogP contribution in [0.4, 0.5) is 5.69 Å². The van der Waals surface area contributed by atoms with Crippen molar-refractivity contribution in [2.24, 2.45) is 4.99 Å². The summed E-state index contributed by atoms with van der Waals surface area (Å²) in [4.78, 5) is 31.1. The number of hydrogen-bond acceptors (Lipinski definition) is 13. The van der Waals surface area contributed by atoms with Crippen molar-refractivity contribution >= 4 is 17.8 Å². The molecule has 2 fully saturated rings. The summed E-state index contributed by atoms with van der Waals surface area (Å²) in [6.07, 6.45) is 2.62. The lowest BCUT2D eigenvalue weighted by atomic mass is 10.1. The van der Waals surface area contributed by atoms with Gasteiger partial charge in [0.05, 0.1) is 70.9 Å². The number of aldehydes is 1. The first-order chi connectivity index (χ1) is 23.0. The van der Waals surface area contributed by atoms with Gasteiger partial charge in [0.25, 0.3) is 0 Å². The molecule has 14 nitrogen and oxygen atoms in total. The summed E-state index contributed by atoms with van der Waals surface area (Å²) in [5.74, 6) is 2.38. The fourth-order valence-corrected chi connectivity index (χ4v) is 5.58. The second-order valence-corrected chi connectivity index (χ2v) is 11.1. The molecule has 0 amide bonds. The Morgan fingerprint density at radius 3 is 1.94 bits per heavy atom. The number of hydrogen-bond donors (Lipinski definition) is 1. The highest BCUT2D eigenvalue weighted by molar-refractivity contribution is 6.04. The topological polar surface area (TPSA) is 146 Å². The maximum Gasteiger partial charge on any atom is 0.325 e. The molecule has 2 aromatic carbocycles. The number of nitrogens with one attached hydrogen (secondary N) is 1. The van der Waals surface area contributed by atoms with E-state index in [9.17, 15) is 14.9 Å². The molecule has 0 spiro atoms. The Hall–Kier alpha value is -3.98. The summed E-state index contributed by atoms with van der Waals surface area (Å²) < 4.78 is 32.9. The van der Waals surface area contributed by atoms with E-state index in [2.05, 4.69) is 20.1 Å². The van der Waals surface area contributed by atoms with Crippen LogP contribution < -0.4 is 24.3 Å². The SMILES string of the molecule is COc1c(OCCCN2CCOCC2)ccc(C2=NCCN2)c1[N+](=O)[O-].COc1c(OCCCN2CCOCC2)ccc(C=O)c1C. The molecular formula is C33H47N5O9. The molecular weight excluding hydrogens is 610 g/mol. The van der Waals surface area contributed by atoms with E-state index in [-0.39, 0.29) is 11.4 Å². The number of amidine groups is 1. The average Bonchev–Trinajstić information content (AvgIpc) is 3.65. The third-order valence-corrected chi connectivity index (χ3v) is 8.11. The summed E-state index contributed by atoms with van der Waals surface area (Å²) in [5, 5.41) is 14.7. The molecule has 3 aliphatic rings. The number of ether oxygens (including phenoxy) is 6. The number of carbonyl (C=O) groups is 1. The molecule has 14 heteroatoms. The van der Waals surface area contributed by atoms with Gasteiger partial charge in [-0.25, -0.2) is 0 Å². The standard InChI is InChI=1S/C17H24N4O5.C16H23NO4/c1-24-16-14(26-10-2-7-20-8-11-25-12-9-20)4-3-13(15(16)21(22)23)17-18-5-6-19-17;1-13-14(12-18)4-5-15(16(13)19-2)21-9-3-6-17-7-10-20-11-8-17/h3-4H,2,5-12H2,1H3,(H,18,19);4-5,12H,3,6-11H2,1-2H3. The summed E-state index contributed by atoms with van der Waals surface area (Å²) in [6.45, 7) is 13.2. The van der Waals surface area contributed by atoms with Crippen molar-refractivity contribution in [3.8, 4) is 23.0 Å². The number of nitrogens with zero attached hydrogens (tertiary/aromatic N) is 4. The fraction of sp³-hybridized carbons (Fsp3) is 0.576. The number of benzene rings is 2. The average molecular weight is 658 g/mol. The molecule has 3 heterocycles. The largest absolute Gasteiger partial charge is 0.493 e. The van der Waals surface area contributed by atoms with Gasteiger partial charge in [0, 0.05) is 56.9 Å². The Morgan fingerprint density at radius 2 is 1.45 bits per heavy atom. The molecule has 2 saturated heterocycles. The Kier molecular flexibility index (Phi) is 14.5. The quantitative estimate of drug-likeness (QED) is 0.130. The van der Waals surface area contributed by atoms with Crippen LogP contribution in [0.15, 0.2) is 29.3 Å². The Morgan fingerprint density at radius 1 is 0.894 bits per heavy atom. The lowest BCUT2D eigenvalue weighted by Crippen LogP contribution is -2.37. The van der Waals surface area contributed by atoms with Gasteiger partial charge in [0.15, 0.2) is 17.2 Å². The predicted octanol–water partition coefficient (Wildman–Crippen LogP) is 2.97. The number of rotatable bonds is 15. The van der Waals surface area contributed by atoms with Crippen molar-refractivity contribution in [3.05, 3.63) is 51.1 Å². The van der Waals surface area contributed by atoms with Gasteiger partial charge in [0.2, 0.25) is 5.75 Å². The smallest absolute Gasteiger partial charge is 0.325 e. The molecule has 0 aliphatic carbocycles. The maximum atomic E-state index is 11.6. The molecule has 0 aromatic heterocycles. The minimum Gasteiger partial charge on any atom is -0.493 e. The van der Waals surface area contributed by atoms with Gasteiger partial charge >= 0.3 is 5.69 Å². The van der Waals surface area contributed by atoms with Crippen LogP contribution in [0.1, 0.15) is 34.3 Å². The summed E-state index contributed by atoms with van der Waals surface area (Å²) in [7, 11) is 3.01. The Labute approximate surface area is 276 Å². The zero-order valence-electron chi connectivity index (χ0n) is 27.7. The molecule has 2 aromatic rings. The van der Waals surface area contributed by atoms with Gasteiger partial charge in [-0.2, -0.15) is 0 Å². The van der Waals surface area contributed by atoms with Gasteiger partial charge in [-0.15, -0.1) is 0 Å². The Bertz CT molecular complexity index is 1340. The van der Waals surface area contributed by atoms with E-state index in [1.807, 2.05) is 6.92 Å². The van der Waals surface area contributed by atoms with Gasteiger partial charge in [-0.1, -0.05) is 0 Å². The summed E-state index contributed by atoms with van der Waals surface area (Å²) in [6, 6.07) is 6.93. The predicted molar refractivity (Wildman–Crippen MR) is 177 cm³/mol. The van der Waals surface area contributed by atoms with Crippen molar-refractivity contribution in [1.29, 1.82) is 0 Å². The molecule has 0 unspecified atom stereocenters. The van der Waals surface area contributed by atoms with Crippen molar-refractivity contribution in [1.82, 2.24) is 15.1 Å². The molecule has 0 saturated carbocycles. The zero-order chi connectivity index (χ0) is 33.4. The van der Waals surface area contributed by atoms with Crippen LogP contribution in [-0.4, -0.2) is 133 Å². The van der Waals surface area contributed by atoms with Crippen molar-refractivity contribution in [2.45, 2.75) is 19.8 Å². The zero-order valence-corrected chi connectivity index (χ0v) is 27.7. The van der Waals surface area contributed by atoms with E-state index in [0.717, 1.165) is 90.4 Å². The number of morpholine rings is 2. The normalized spacial score (nSPS) is 16.7. The van der Waals surface area contributed by atoms with E-state index in [4.69, 9.17) is 28.4 Å². The van der Waals surface area contributed by atoms with E-state index in [1.165, 1.54) is 7.11 Å². The second-order valence-electron chi connectivity index (χ2n) is 11.1. The molecule has 0 radical (unpaired) electrons. The lowest BCUT2D eigenvalue weighted by molar-refractivity contribution is -0.386. The Balaban J connectivity index is 0.000000218. The number of carbonyl (C=O) groups excluding carboxylic acids is 1. The summed E-state index contributed by atoms with van der Waals surface area (Å²) in [5.41, 5.74) is 1.75. The van der Waals surface area contributed by atoms with Crippen LogP contribution in [0.25, 0.3) is 0 Å². The molecule has 3 aliphatic heterocycles. The first-order valence-electron chi connectivity index (χ1n) is 16.1. The van der Waals surface area contributed by atoms with Crippen molar-refractivity contribution < 1.29 is 38.1 Å². The highest BCUT2D eigenvalue weighted by Gasteiger charge is 2.29. The number of nitro groups is 1. The first-order valence-corrected chi connectivity index (χ1v) is 16.1. The van der Waals surface area contributed by atoms with Gasteiger partial charge in [0.1, 0.15) is 12.1 Å². The van der Waals surface area contributed by atoms with Crippen molar-refractivity contribution in [3.63, 3.8) is 0 Å². The monoisotopic (exact) mass is 657 g/mol. The van der Waals surface area contributed by atoms with E-state index in [0.29, 0.717) is 60.5 Å². The van der Waals surface area contributed by atoms with Crippen LogP contribution in [0.2, 0.25) is 0 Å². The van der Waals surface area contributed by atoms with Crippen molar-refractivity contribution in [2.75, 3.05) is 106 Å². The maximum absolute atomic E-state index is 11.6. The molecule has 5 rings (SSSR count). The molecule has 258 valence electrons. The van der Waals surface area contributed by atoms with Gasteiger partial charge < -0.3 is 33.7 Å². The minimum absolute atomic E-state index is 0.119. The van der Waals surface area contributed by atoms with Gasteiger partial charge in [-0.3, -0.25) is 29.7 Å². The highest BCUT2D eigenvalue weighted by Crippen LogP contribution is 2.40. The molecule has 1 N–H and O–H groups in total. The lowest BCUT2D eigenvalue weighted by Gasteiger charge is -2.26. The molecule has 0 atom stereocenters. The number of aliphatic imine (C=N–C) groups is 1.